The molecule has 0 unspecified atom stereocenters. The molecule has 2 aliphatic rings. The van der Waals surface area contributed by atoms with Crippen LogP contribution in [0.2, 0.25) is 5.02 Å². The fourth-order valence-electron chi connectivity index (χ4n) is 4.78. The molecule has 0 aliphatic carbocycles. The predicted molar refractivity (Wildman–Crippen MR) is 132 cm³/mol. The molecule has 4 heterocycles. The van der Waals surface area contributed by atoms with Crippen LogP contribution in [0.15, 0.2) is 30.5 Å². The zero-order valence-electron chi connectivity index (χ0n) is 19.7. The number of sulfonamides is 1. The Morgan fingerprint density at radius 2 is 1.97 bits per heavy atom. The second kappa shape index (κ2) is 8.84. The van der Waals surface area contributed by atoms with E-state index in [1.807, 2.05) is 0 Å². The summed E-state index contributed by atoms with van der Waals surface area (Å²) in [5, 5.41) is 4.96. The highest BCUT2D eigenvalue weighted by Gasteiger charge is 2.45. The topological polar surface area (TPSA) is 99.9 Å². The Kier molecular flexibility index (Phi) is 6.06. The quantitative estimate of drug-likeness (QED) is 0.529. The molecule has 1 amide bonds. The Balaban J connectivity index is 1.48. The first-order valence-corrected chi connectivity index (χ1v) is 13.8. The normalized spacial score (nSPS) is 19.9. The van der Waals surface area contributed by atoms with E-state index >= 15 is 0 Å². The molecule has 3 aromatic rings. The lowest BCUT2D eigenvalue weighted by Crippen LogP contribution is -2.56. The van der Waals surface area contributed by atoms with Gasteiger partial charge in [-0.3, -0.25) is 9.52 Å². The van der Waals surface area contributed by atoms with E-state index in [2.05, 4.69) is 14.8 Å². The molecule has 2 aromatic heterocycles. The number of anilines is 2. The maximum atomic E-state index is 13.7. The number of alkyl halides is 2. The maximum absolute atomic E-state index is 13.7. The standard InChI is InChI=1S/C23H25ClF2N6O3S/c1-14-11-32-20(27-21(14)30-12-23(25,26)13-30)10-18(28-32)19-5-3-4-8-31(19)22(33)16-9-15(24)6-7-17(16)29-36(2,34)35/h6-7,9-11,19,29H,3-5,8,12-13H2,1-2H3/t19-/m0/s1. The first kappa shape index (κ1) is 24.7. The van der Waals surface area contributed by atoms with Crippen LogP contribution in [0.1, 0.15) is 46.9 Å². The Bertz CT molecular complexity index is 1450. The average molecular weight is 539 g/mol. The van der Waals surface area contributed by atoms with Gasteiger partial charge >= 0.3 is 0 Å². The van der Waals surface area contributed by atoms with E-state index in [-0.39, 0.29) is 36.3 Å². The molecule has 192 valence electrons. The van der Waals surface area contributed by atoms with Gasteiger partial charge < -0.3 is 9.80 Å². The van der Waals surface area contributed by atoms with Crippen molar-refractivity contribution in [3.63, 3.8) is 0 Å². The number of aromatic nitrogens is 3. The summed E-state index contributed by atoms with van der Waals surface area (Å²) in [6.07, 6.45) is 5.09. The number of hydrogen-bond donors (Lipinski definition) is 1. The van der Waals surface area contributed by atoms with Crippen molar-refractivity contribution in [2.75, 3.05) is 35.5 Å². The van der Waals surface area contributed by atoms with Gasteiger partial charge in [-0.05, 0) is 44.4 Å². The van der Waals surface area contributed by atoms with Gasteiger partial charge in [-0.2, -0.15) is 5.10 Å². The van der Waals surface area contributed by atoms with E-state index in [0.717, 1.165) is 24.7 Å². The maximum Gasteiger partial charge on any atom is 0.282 e. The molecule has 13 heteroatoms. The number of rotatable bonds is 5. The fourth-order valence-corrected chi connectivity index (χ4v) is 5.53. The minimum absolute atomic E-state index is 0.151. The fraction of sp³-hybridized carbons (Fsp3) is 0.435. The molecule has 0 radical (unpaired) electrons. The van der Waals surface area contributed by atoms with Crippen molar-refractivity contribution in [1.29, 1.82) is 0 Å². The first-order chi connectivity index (χ1) is 16.9. The number of carbonyl (C=O) groups is 1. The van der Waals surface area contributed by atoms with Gasteiger partial charge in [-0.1, -0.05) is 11.6 Å². The summed E-state index contributed by atoms with van der Waals surface area (Å²) < 4.78 is 54.5. The third kappa shape index (κ3) is 4.83. The number of nitrogens with zero attached hydrogens (tertiary/aromatic N) is 5. The summed E-state index contributed by atoms with van der Waals surface area (Å²) in [5.74, 6) is -2.58. The van der Waals surface area contributed by atoms with Crippen molar-refractivity contribution in [3.8, 4) is 0 Å². The minimum Gasteiger partial charge on any atom is -0.344 e. The van der Waals surface area contributed by atoms with Crippen LogP contribution < -0.4 is 9.62 Å². The van der Waals surface area contributed by atoms with Crippen molar-refractivity contribution >= 4 is 44.7 Å². The van der Waals surface area contributed by atoms with E-state index in [9.17, 15) is 22.0 Å². The summed E-state index contributed by atoms with van der Waals surface area (Å²) in [6.45, 7) is 1.52. The zero-order valence-corrected chi connectivity index (χ0v) is 21.3. The van der Waals surface area contributed by atoms with Crippen molar-refractivity contribution in [3.05, 3.63) is 52.3 Å². The number of likely N-dealkylation sites (tertiary alicyclic amines) is 1. The molecule has 36 heavy (non-hydrogen) atoms. The lowest BCUT2D eigenvalue weighted by molar-refractivity contribution is -0.0267. The third-order valence-corrected chi connectivity index (χ3v) is 7.21. The number of hydrogen-bond acceptors (Lipinski definition) is 6. The van der Waals surface area contributed by atoms with Crippen LogP contribution in [0, 0.1) is 6.92 Å². The van der Waals surface area contributed by atoms with E-state index in [0.29, 0.717) is 35.1 Å². The molecular weight excluding hydrogens is 514 g/mol. The Hall–Kier alpha value is -2.99. The Morgan fingerprint density at radius 1 is 1.22 bits per heavy atom. The number of halogens is 3. The summed E-state index contributed by atoms with van der Waals surface area (Å²) in [6, 6.07) is 5.84. The van der Waals surface area contributed by atoms with Crippen LogP contribution in [-0.2, 0) is 10.0 Å². The van der Waals surface area contributed by atoms with E-state index in [1.165, 1.54) is 23.1 Å². The van der Waals surface area contributed by atoms with Gasteiger partial charge in [0.1, 0.15) is 5.82 Å². The van der Waals surface area contributed by atoms with Gasteiger partial charge in [0.25, 0.3) is 11.8 Å². The summed E-state index contributed by atoms with van der Waals surface area (Å²) in [4.78, 5) is 21.4. The number of fused-ring (bicyclic) bond motifs is 1. The molecule has 1 aromatic carbocycles. The van der Waals surface area contributed by atoms with Gasteiger partial charge in [0.05, 0.1) is 42.3 Å². The van der Waals surface area contributed by atoms with Gasteiger partial charge in [-0.15, -0.1) is 0 Å². The highest BCUT2D eigenvalue weighted by atomic mass is 35.5. The largest absolute Gasteiger partial charge is 0.344 e. The van der Waals surface area contributed by atoms with Crippen LogP contribution in [0.25, 0.3) is 5.65 Å². The lowest BCUT2D eigenvalue weighted by Gasteiger charge is -2.40. The molecule has 1 atom stereocenters. The van der Waals surface area contributed by atoms with Crippen LogP contribution in [-0.4, -0.2) is 65.6 Å². The van der Waals surface area contributed by atoms with Crippen LogP contribution in [0.3, 0.4) is 0 Å². The van der Waals surface area contributed by atoms with Crippen molar-refractivity contribution in [1.82, 2.24) is 19.5 Å². The Morgan fingerprint density at radius 3 is 2.67 bits per heavy atom. The summed E-state index contributed by atoms with van der Waals surface area (Å²) in [7, 11) is -3.62. The van der Waals surface area contributed by atoms with Crippen molar-refractivity contribution in [2.24, 2.45) is 0 Å². The molecule has 2 aliphatic heterocycles. The molecule has 5 rings (SSSR count). The van der Waals surface area contributed by atoms with Crippen LogP contribution in [0.4, 0.5) is 20.3 Å². The monoisotopic (exact) mass is 538 g/mol. The van der Waals surface area contributed by atoms with E-state index in [4.69, 9.17) is 11.6 Å². The number of nitrogens with one attached hydrogen (secondary N) is 1. The highest BCUT2D eigenvalue weighted by Crippen LogP contribution is 2.36. The summed E-state index contributed by atoms with van der Waals surface area (Å²) in [5.41, 5.74) is 2.15. The molecule has 2 fully saturated rings. The van der Waals surface area contributed by atoms with E-state index < -0.39 is 15.9 Å². The molecule has 0 saturated carbocycles. The first-order valence-electron chi connectivity index (χ1n) is 11.5. The highest BCUT2D eigenvalue weighted by molar-refractivity contribution is 7.92. The molecule has 9 nitrogen and oxygen atoms in total. The van der Waals surface area contributed by atoms with Gasteiger partial charge in [0.15, 0.2) is 5.65 Å². The number of piperidine rings is 1. The third-order valence-electron chi connectivity index (χ3n) is 6.38. The number of carbonyl (C=O) groups excluding carboxylic acids is 1. The Labute approximate surface area is 212 Å². The van der Waals surface area contributed by atoms with Crippen LogP contribution >= 0.6 is 11.6 Å². The number of amides is 1. The van der Waals surface area contributed by atoms with Crippen molar-refractivity contribution in [2.45, 2.75) is 38.2 Å². The number of aryl methyl sites for hydroxylation is 1. The molecule has 2 saturated heterocycles. The predicted octanol–water partition coefficient (Wildman–Crippen LogP) is 3.89. The van der Waals surface area contributed by atoms with E-state index in [1.54, 1.807) is 28.6 Å². The number of benzene rings is 1. The minimum atomic E-state index is -3.62. The molecule has 0 bridgehead atoms. The van der Waals surface area contributed by atoms with Crippen LogP contribution in [0.5, 0.6) is 0 Å². The molecule has 1 N–H and O–H groups in total. The smallest absolute Gasteiger partial charge is 0.282 e. The molecule has 0 spiro atoms. The summed E-state index contributed by atoms with van der Waals surface area (Å²) >= 11 is 6.14. The second-order valence-corrected chi connectivity index (χ2v) is 11.6. The van der Waals surface area contributed by atoms with Gasteiger partial charge in [0, 0.05) is 29.4 Å². The van der Waals surface area contributed by atoms with Crippen molar-refractivity contribution < 1.29 is 22.0 Å². The second-order valence-electron chi connectivity index (χ2n) is 9.41. The average Bonchev–Trinajstić information content (AvgIpc) is 3.19. The lowest BCUT2D eigenvalue weighted by atomic mass is 9.98. The molecular formula is C23H25ClF2N6O3S. The van der Waals surface area contributed by atoms with Gasteiger partial charge in [-0.25, -0.2) is 26.7 Å². The SMILES string of the molecule is Cc1cn2nc([C@@H]3CCCCN3C(=O)c3cc(Cl)ccc3NS(C)(=O)=O)cc2nc1N1CC(F)(F)C1. The van der Waals surface area contributed by atoms with Gasteiger partial charge in [0.2, 0.25) is 10.0 Å². The zero-order chi connectivity index (χ0) is 25.8.